The first kappa shape index (κ1) is 23.4. The number of ether oxygens (including phenoxy) is 5. The van der Waals surface area contributed by atoms with Crippen molar-refractivity contribution in [1.29, 1.82) is 0 Å². The van der Waals surface area contributed by atoms with E-state index in [2.05, 4.69) is 0 Å². The number of benzene rings is 3. The Morgan fingerprint density at radius 2 is 1.62 bits per heavy atom. The first-order valence-electron chi connectivity index (χ1n) is 11.3. The highest BCUT2D eigenvalue weighted by Gasteiger charge is 2.50. The lowest BCUT2D eigenvalue weighted by molar-refractivity contribution is -0.325. The third kappa shape index (κ3) is 5.30. The summed E-state index contributed by atoms with van der Waals surface area (Å²) in [5.41, 5.74) is 1.40. The van der Waals surface area contributed by atoms with Crippen LogP contribution in [0.2, 0.25) is 0 Å². The molecule has 0 radical (unpaired) electrons. The number of fused-ring (bicyclic) bond motifs is 1. The zero-order chi connectivity index (χ0) is 23.3. The third-order valence-corrected chi connectivity index (χ3v) is 7.14. The number of methoxy groups -OCH3 is 1. The smallest absolute Gasteiger partial charge is 0.184 e. The lowest BCUT2D eigenvalue weighted by atomic mass is 9.98. The summed E-state index contributed by atoms with van der Waals surface area (Å²) in [6.45, 7) is 0.705. The average molecular weight is 481 g/mol. The molecule has 7 heteroatoms. The van der Waals surface area contributed by atoms with Gasteiger partial charge in [-0.3, -0.25) is 0 Å². The quantitative estimate of drug-likeness (QED) is 0.531. The Labute approximate surface area is 203 Å². The molecule has 0 aromatic heterocycles. The van der Waals surface area contributed by atoms with Crippen molar-refractivity contribution < 1.29 is 28.8 Å². The average Bonchev–Trinajstić information content (AvgIpc) is 2.90. The van der Waals surface area contributed by atoms with Gasteiger partial charge in [-0.15, -0.1) is 0 Å². The molecule has 0 saturated carbocycles. The summed E-state index contributed by atoms with van der Waals surface area (Å²) in [5, 5.41) is 11.3. The van der Waals surface area contributed by atoms with E-state index >= 15 is 0 Å². The van der Waals surface area contributed by atoms with Crippen LogP contribution in [0.15, 0.2) is 89.8 Å². The standard InChI is InChI=1S/C27H28O6S/c1-29-20-14-12-19(13-15-20)26-31-17-22-24(33-26)25(30-16-18-8-4-2-5-9-18)23(28)27(32-22)34-21-10-6-3-7-11-21/h2-15,22-28H,16-17H2,1H3/t22-,23-,24-,25-,26-,27+/m1/s1. The van der Waals surface area contributed by atoms with E-state index in [0.717, 1.165) is 21.8 Å². The molecular weight excluding hydrogens is 452 g/mol. The zero-order valence-corrected chi connectivity index (χ0v) is 19.7. The minimum Gasteiger partial charge on any atom is -0.497 e. The lowest BCUT2D eigenvalue weighted by Gasteiger charge is -2.47. The fraction of sp³-hybridized carbons (Fsp3) is 0.333. The number of aliphatic hydroxyl groups excluding tert-OH is 1. The molecule has 0 amide bonds. The number of hydrogen-bond donors (Lipinski definition) is 1. The van der Waals surface area contributed by atoms with Crippen LogP contribution in [-0.2, 0) is 25.6 Å². The van der Waals surface area contributed by atoms with E-state index in [1.54, 1.807) is 7.11 Å². The molecule has 2 aliphatic heterocycles. The highest BCUT2D eigenvalue weighted by atomic mass is 32.2. The minimum absolute atomic E-state index is 0.338. The van der Waals surface area contributed by atoms with Gasteiger partial charge in [0.05, 0.1) is 20.3 Å². The molecule has 3 aromatic rings. The van der Waals surface area contributed by atoms with E-state index in [1.807, 2.05) is 84.9 Å². The molecule has 0 bridgehead atoms. The highest BCUT2D eigenvalue weighted by Crippen LogP contribution is 2.40. The van der Waals surface area contributed by atoms with Crippen LogP contribution in [0.4, 0.5) is 0 Å². The fourth-order valence-electron chi connectivity index (χ4n) is 4.18. The van der Waals surface area contributed by atoms with Gasteiger partial charge >= 0.3 is 0 Å². The third-order valence-electron chi connectivity index (χ3n) is 5.98. The maximum Gasteiger partial charge on any atom is 0.184 e. The highest BCUT2D eigenvalue weighted by molar-refractivity contribution is 7.99. The van der Waals surface area contributed by atoms with Gasteiger partial charge < -0.3 is 28.8 Å². The second kappa shape index (κ2) is 10.9. The number of rotatable bonds is 7. The topological polar surface area (TPSA) is 66.4 Å². The minimum atomic E-state index is -0.884. The van der Waals surface area contributed by atoms with Crippen molar-refractivity contribution in [3.63, 3.8) is 0 Å². The maximum absolute atomic E-state index is 11.3. The molecule has 2 heterocycles. The summed E-state index contributed by atoms with van der Waals surface area (Å²) in [4.78, 5) is 1.01. The molecule has 1 N–H and O–H groups in total. The van der Waals surface area contributed by atoms with Gasteiger partial charge in [0.15, 0.2) is 6.29 Å². The molecule has 5 rings (SSSR count). The van der Waals surface area contributed by atoms with E-state index in [0.29, 0.717) is 13.2 Å². The van der Waals surface area contributed by atoms with Gasteiger partial charge in [-0.05, 0) is 29.8 Å². The summed E-state index contributed by atoms with van der Waals surface area (Å²) >= 11 is 1.48. The van der Waals surface area contributed by atoms with Crippen molar-refractivity contribution in [3.8, 4) is 5.75 Å². The summed E-state index contributed by atoms with van der Waals surface area (Å²) in [7, 11) is 1.63. The van der Waals surface area contributed by atoms with Crippen molar-refractivity contribution in [1.82, 2.24) is 0 Å². The van der Waals surface area contributed by atoms with Crippen LogP contribution in [0.25, 0.3) is 0 Å². The molecule has 0 aliphatic carbocycles. The molecule has 2 saturated heterocycles. The van der Waals surface area contributed by atoms with Gasteiger partial charge in [-0.25, -0.2) is 0 Å². The van der Waals surface area contributed by atoms with Crippen molar-refractivity contribution in [3.05, 3.63) is 96.1 Å². The van der Waals surface area contributed by atoms with Crippen LogP contribution in [0.3, 0.4) is 0 Å². The van der Waals surface area contributed by atoms with Crippen molar-refractivity contribution in [2.24, 2.45) is 0 Å². The summed E-state index contributed by atoms with van der Waals surface area (Å²) in [6.07, 6.45) is -2.88. The summed E-state index contributed by atoms with van der Waals surface area (Å²) in [5.74, 6) is 0.763. The molecule has 6 atom stereocenters. The molecule has 6 nitrogen and oxygen atoms in total. The zero-order valence-electron chi connectivity index (χ0n) is 18.9. The van der Waals surface area contributed by atoms with Gasteiger partial charge in [0.2, 0.25) is 0 Å². The Morgan fingerprint density at radius 3 is 2.32 bits per heavy atom. The normalized spacial score (nSPS) is 28.8. The number of thioether (sulfide) groups is 1. The van der Waals surface area contributed by atoms with Gasteiger partial charge in [-0.1, -0.05) is 72.4 Å². The second-order valence-electron chi connectivity index (χ2n) is 8.26. The molecule has 34 heavy (non-hydrogen) atoms. The van der Waals surface area contributed by atoms with Crippen LogP contribution in [0, 0.1) is 0 Å². The van der Waals surface area contributed by atoms with Crippen molar-refractivity contribution in [2.45, 2.75) is 47.6 Å². The predicted molar refractivity (Wildman–Crippen MR) is 129 cm³/mol. The predicted octanol–water partition coefficient (Wildman–Crippen LogP) is 4.57. The first-order valence-corrected chi connectivity index (χ1v) is 12.2. The largest absolute Gasteiger partial charge is 0.497 e. The van der Waals surface area contributed by atoms with Crippen LogP contribution < -0.4 is 4.74 Å². The van der Waals surface area contributed by atoms with Crippen LogP contribution in [0.1, 0.15) is 17.4 Å². The van der Waals surface area contributed by atoms with Gasteiger partial charge in [0.25, 0.3) is 0 Å². The van der Waals surface area contributed by atoms with E-state index < -0.39 is 30.0 Å². The summed E-state index contributed by atoms with van der Waals surface area (Å²) < 4.78 is 30.2. The molecular formula is C27H28O6S. The monoisotopic (exact) mass is 480 g/mol. The molecule has 178 valence electrons. The van der Waals surface area contributed by atoms with Crippen LogP contribution >= 0.6 is 11.8 Å². The summed E-state index contributed by atoms with van der Waals surface area (Å²) in [6, 6.07) is 27.4. The van der Waals surface area contributed by atoms with Crippen LogP contribution in [-0.4, -0.2) is 48.7 Å². The van der Waals surface area contributed by atoms with Gasteiger partial charge in [0.1, 0.15) is 35.6 Å². The van der Waals surface area contributed by atoms with Crippen LogP contribution in [0.5, 0.6) is 5.75 Å². The van der Waals surface area contributed by atoms with E-state index in [1.165, 1.54) is 11.8 Å². The van der Waals surface area contributed by atoms with Crippen molar-refractivity contribution in [2.75, 3.05) is 13.7 Å². The molecule has 2 fully saturated rings. The Hall–Kier alpha value is -2.39. The van der Waals surface area contributed by atoms with E-state index in [4.69, 9.17) is 23.7 Å². The van der Waals surface area contributed by atoms with Crippen molar-refractivity contribution >= 4 is 11.8 Å². The number of hydrogen-bond acceptors (Lipinski definition) is 7. The Morgan fingerprint density at radius 1 is 0.912 bits per heavy atom. The molecule has 0 spiro atoms. The van der Waals surface area contributed by atoms with Gasteiger partial charge in [-0.2, -0.15) is 0 Å². The Kier molecular flexibility index (Phi) is 7.49. The molecule has 3 aromatic carbocycles. The molecule has 0 unspecified atom stereocenters. The lowest BCUT2D eigenvalue weighted by Crippen LogP contribution is -2.61. The Bertz CT molecular complexity index is 1030. The van der Waals surface area contributed by atoms with Gasteiger partial charge in [0, 0.05) is 10.5 Å². The second-order valence-corrected chi connectivity index (χ2v) is 9.44. The fourth-order valence-corrected chi connectivity index (χ4v) is 5.26. The Balaban J connectivity index is 1.35. The first-order chi connectivity index (χ1) is 16.7. The number of aliphatic hydroxyl groups is 1. The maximum atomic E-state index is 11.3. The van der Waals surface area contributed by atoms with E-state index in [9.17, 15) is 5.11 Å². The van der Waals surface area contributed by atoms with E-state index in [-0.39, 0.29) is 6.10 Å². The SMILES string of the molecule is COc1ccc([C@@H]2OC[C@H]3O[C@@H](Sc4ccccc4)[C@H](O)[C@@H](OCc4ccccc4)[C@@H]3O2)cc1. The molecule has 2 aliphatic rings.